The Labute approximate surface area is 156 Å². The van der Waals surface area contributed by atoms with Crippen LogP contribution in [0.15, 0.2) is 30.3 Å². The molecule has 0 radical (unpaired) electrons. The number of halogens is 1. The number of hydrogen-bond donors (Lipinski definition) is 2. The molecule has 3 atom stereocenters. The molecular formula is C19H29ClN2O3. The van der Waals surface area contributed by atoms with Gasteiger partial charge >= 0.3 is 5.97 Å². The van der Waals surface area contributed by atoms with Crippen LogP contribution in [0.5, 0.6) is 0 Å². The number of esters is 1. The zero-order chi connectivity index (χ0) is 17.6. The quantitative estimate of drug-likeness (QED) is 0.756. The molecule has 5 nitrogen and oxygen atoms in total. The molecule has 0 bridgehead atoms. The van der Waals surface area contributed by atoms with Crippen molar-refractivity contribution in [3.63, 3.8) is 0 Å². The topological polar surface area (TPSA) is 81.4 Å². The molecular weight excluding hydrogens is 340 g/mol. The SMILES string of the molecule is CCOC(=O)C(CNC(=O)C1CCCCC1(C)N)c1ccccc1.Cl. The Morgan fingerprint density at radius 2 is 2.00 bits per heavy atom. The van der Waals surface area contributed by atoms with Gasteiger partial charge in [-0.2, -0.15) is 0 Å². The molecule has 1 fully saturated rings. The van der Waals surface area contributed by atoms with Crippen LogP contribution in [0.2, 0.25) is 0 Å². The van der Waals surface area contributed by atoms with E-state index in [-0.39, 0.29) is 36.7 Å². The van der Waals surface area contributed by atoms with Crippen LogP contribution in [0.25, 0.3) is 0 Å². The second-order valence-corrected chi connectivity index (χ2v) is 6.76. The van der Waals surface area contributed by atoms with Crippen molar-refractivity contribution in [1.82, 2.24) is 5.32 Å². The summed E-state index contributed by atoms with van der Waals surface area (Å²) in [6.07, 6.45) is 3.73. The molecule has 1 aromatic carbocycles. The first kappa shape index (κ1) is 21.5. The number of carbonyl (C=O) groups excluding carboxylic acids is 2. The highest BCUT2D eigenvalue weighted by atomic mass is 35.5. The Balaban J connectivity index is 0.00000312. The molecule has 6 heteroatoms. The number of nitrogens with two attached hydrogens (primary N) is 1. The molecule has 1 amide bonds. The summed E-state index contributed by atoms with van der Waals surface area (Å²) in [6.45, 7) is 4.27. The molecule has 3 unspecified atom stereocenters. The van der Waals surface area contributed by atoms with Gasteiger partial charge in [0.25, 0.3) is 0 Å². The highest BCUT2D eigenvalue weighted by Gasteiger charge is 2.38. The van der Waals surface area contributed by atoms with Crippen molar-refractivity contribution in [1.29, 1.82) is 0 Å². The summed E-state index contributed by atoms with van der Waals surface area (Å²) in [7, 11) is 0. The van der Waals surface area contributed by atoms with Gasteiger partial charge < -0.3 is 15.8 Å². The number of hydrogen-bond acceptors (Lipinski definition) is 4. The van der Waals surface area contributed by atoms with Crippen LogP contribution in [-0.2, 0) is 14.3 Å². The van der Waals surface area contributed by atoms with Crippen LogP contribution in [0.3, 0.4) is 0 Å². The first-order valence-corrected chi connectivity index (χ1v) is 8.74. The average molecular weight is 369 g/mol. The molecule has 1 aliphatic carbocycles. The van der Waals surface area contributed by atoms with E-state index in [2.05, 4.69) is 5.32 Å². The van der Waals surface area contributed by atoms with Gasteiger partial charge in [-0.1, -0.05) is 43.2 Å². The molecule has 2 rings (SSSR count). The van der Waals surface area contributed by atoms with Gasteiger partial charge in [-0.3, -0.25) is 9.59 Å². The Hall–Kier alpha value is -1.59. The molecule has 25 heavy (non-hydrogen) atoms. The maximum absolute atomic E-state index is 12.6. The lowest BCUT2D eigenvalue weighted by Crippen LogP contribution is -2.53. The standard InChI is InChI=1S/C19H28N2O3.ClH/c1-3-24-18(23)15(14-9-5-4-6-10-14)13-21-17(22)16-11-7-8-12-19(16,2)20;/h4-6,9-10,15-16H,3,7-8,11-13,20H2,1-2H3,(H,21,22);1H. The van der Waals surface area contributed by atoms with Crippen molar-refractivity contribution in [2.45, 2.75) is 51.0 Å². The minimum absolute atomic E-state index is 0. The van der Waals surface area contributed by atoms with E-state index in [1.54, 1.807) is 6.92 Å². The van der Waals surface area contributed by atoms with Gasteiger partial charge in [0, 0.05) is 12.1 Å². The average Bonchev–Trinajstić information content (AvgIpc) is 2.55. The van der Waals surface area contributed by atoms with E-state index in [4.69, 9.17) is 10.5 Å². The Morgan fingerprint density at radius 1 is 1.32 bits per heavy atom. The number of ether oxygens (including phenoxy) is 1. The molecule has 0 saturated heterocycles. The van der Waals surface area contributed by atoms with E-state index in [1.807, 2.05) is 37.3 Å². The van der Waals surface area contributed by atoms with Gasteiger partial charge in [0.2, 0.25) is 5.91 Å². The highest BCUT2D eigenvalue weighted by molar-refractivity contribution is 5.85. The molecule has 1 aliphatic rings. The summed E-state index contributed by atoms with van der Waals surface area (Å²) < 4.78 is 5.16. The lowest BCUT2D eigenvalue weighted by molar-refractivity contribution is -0.145. The Morgan fingerprint density at radius 3 is 2.60 bits per heavy atom. The molecule has 0 aromatic heterocycles. The highest BCUT2D eigenvalue weighted by Crippen LogP contribution is 2.31. The van der Waals surface area contributed by atoms with Gasteiger partial charge in [0.15, 0.2) is 0 Å². The van der Waals surface area contributed by atoms with Crippen LogP contribution in [0.1, 0.15) is 51.0 Å². The minimum atomic E-state index is -0.497. The van der Waals surface area contributed by atoms with Crippen molar-refractivity contribution >= 4 is 24.3 Å². The maximum atomic E-state index is 12.6. The monoisotopic (exact) mass is 368 g/mol. The zero-order valence-corrected chi connectivity index (χ0v) is 15.8. The summed E-state index contributed by atoms with van der Waals surface area (Å²) in [5.41, 5.74) is 6.66. The van der Waals surface area contributed by atoms with Crippen molar-refractivity contribution in [2.75, 3.05) is 13.2 Å². The molecule has 0 heterocycles. The van der Waals surface area contributed by atoms with Crippen LogP contribution >= 0.6 is 12.4 Å². The third-order valence-electron chi connectivity index (χ3n) is 4.82. The molecule has 1 saturated carbocycles. The number of rotatable bonds is 6. The third kappa shape index (κ3) is 5.72. The largest absolute Gasteiger partial charge is 0.465 e. The van der Waals surface area contributed by atoms with Gasteiger partial charge in [-0.05, 0) is 32.3 Å². The summed E-state index contributed by atoms with van der Waals surface area (Å²) in [5.74, 6) is -1.08. The molecule has 140 valence electrons. The van der Waals surface area contributed by atoms with E-state index in [1.165, 1.54) is 0 Å². The lowest BCUT2D eigenvalue weighted by Gasteiger charge is -2.37. The lowest BCUT2D eigenvalue weighted by atomic mass is 9.74. The molecule has 3 N–H and O–H groups in total. The van der Waals surface area contributed by atoms with Crippen molar-refractivity contribution in [3.8, 4) is 0 Å². The third-order valence-corrected chi connectivity index (χ3v) is 4.82. The first-order valence-electron chi connectivity index (χ1n) is 8.74. The first-order chi connectivity index (χ1) is 11.5. The van der Waals surface area contributed by atoms with Crippen LogP contribution in [-0.4, -0.2) is 30.6 Å². The Kier molecular flexibility index (Phi) is 8.39. The van der Waals surface area contributed by atoms with Crippen molar-refractivity contribution in [3.05, 3.63) is 35.9 Å². The summed E-state index contributed by atoms with van der Waals surface area (Å²) in [4.78, 5) is 24.8. The summed E-state index contributed by atoms with van der Waals surface area (Å²) in [5, 5.41) is 2.93. The van der Waals surface area contributed by atoms with Crippen LogP contribution in [0.4, 0.5) is 0 Å². The number of nitrogens with one attached hydrogen (secondary N) is 1. The number of amides is 1. The maximum Gasteiger partial charge on any atom is 0.315 e. The van der Waals surface area contributed by atoms with Crippen LogP contribution in [0, 0.1) is 5.92 Å². The molecule has 0 aliphatic heterocycles. The fourth-order valence-corrected chi connectivity index (χ4v) is 3.38. The fraction of sp³-hybridized carbons (Fsp3) is 0.579. The van der Waals surface area contributed by atoms with E-state index in [9.17, 15) is 9.59 Å². The van der Waals surface area contributed by atoms with E-state index < -0.39 is 11.5 Å². The minimum Gasteiger partial charge on any atom is -0.465 e. The van der Waals surface area contributed by atoms with Crippen molar-refractivity contribution in [2.24, 2.45) is 11.7 Å². The van der Waals surface area contributed by atoms with Crippen LogP contribution < -0.4 is 11.1 Å². The fourth-order valence-electron chi connectivity index (χ4n) is 3.38. The van der Waals surface area contributed by atoms with E-state index >= 15 is 0 Å². The van der Waals surface area contributed by atoms with Crippen molar-refractivity contribution < 1.29 is 14.3 Å². The van der Waals surface area contributed by atoms with Gasteiger partial charge in [-0.15, -0.1) is 12.4 Å². The molecule has 0 spiro atoms. The van der Waals surface area contributed by atoms with Gasteiger partial charge in [0.1, 0.15) is 0 Å². The number of carbonyl (C=O) groups is 2. The molecule has 1 aromatic rings. The predicted molar refractivity (Wildman–Crippen MR) is 101 cm³/mol. The Bertz CT molecular complexity index is 563. The predicted octanol–water partition coefficient (Wildman–Crippen LogP) is 2.78. The van der Waals surface area contributed by atoms with E-state index in [0.29, 0.717) is 6.61 Å². The number of benzene rings is 1. The summed E-state index contributed by atoms with van der Waals surface area (Å²) in [6, 6.07) is 9.40. The second kappa shape index (κ2) is 9.78. The second-order valence-electron chi connectivity index (χ2n) is 6.76. The zero-order valence-electron chi connectivity index (χ0n) is 15.0. The summed E-state index contributed by atoms with van der Waals surface area (Å²) >= 11 is 0. The normalized spacial score (nSPS) is 23.9. The van der Waals surface area contributed by atoms with Gasteiger partial charge in [-0.25, -0.2) is 0 Å². The smallest absolute Gasteiger partial charge is 0.315 e. The van der Waals surface area contributed by atoms with E-state index in [0.717, 1.165) is 31.2 Å². The van der Waals surface area contributed by atoms with Gasteiger partial charge in [0.05, 0.1) is 18.4 Å².